The molecule has 0 unspecified atom stereocenters. The lowest BCUT2D eigenvalue weighted by molar-refractivity contribution is 0.115. The highest BCUT2D eigenvalue weighted by atomic mass is 15.1. The smallest absolute Gasteiger partial charge is 0.00923 e. The molecule has 0 aromatic rings. The third kappa shape index (κ3) is 2.22. The summed E-state index contributed by atoms with van der Waals surface area (Å²) >= 11 is 0. The molecular weight excluding hydrogens is 146 g/mol. The van der Waals surface area contributed by atoms with Crippen molar-refractivity contribution in [2.75, 3.05) is 13.6 Å². The SMILES string of the molecule is CC[C@H]1C[C@@H](C(C)C)CCN1C. The van der Waals surface area contributed by atoms with Crippen LogP contribution in [-0.2, 0) is 0 Å². The third-order valence-electron chi connectivity index (χ3n) is 3.46. The fourth-order valence-corrected chi connectivity index (χ4v) is 2.28. The first-order valence-corrected chi connectivity index (χ1v) is 5.35. The Kier molecular flexibility index (Phi) is 3.57. The van der Waals surface area contributed by atoms with E-state index in [2.05, 4.69) is 32.7 Å². The molecule has 0 spiro atoms. The first-order valence-electron chi connectivity index (χ1n) is 5.35. The molecule has 0 aliphatic carbocycles. The van der Waals surface area contributed by atoms with Crippen LogP contribution in [0.15, 0.2) is 0 Å². The van der Waals surface area contributed by atoms with Crippen molar-refractivity contribution in [3.05, 3.63) is 0 Å². The summed E-state index contributed by atoms with van der Waals surface area (Å²) in [5.74, 6) is 1.86. The van der Waals surface area contributed by atoms with Crippen LogP contribution >= 0.6 is 0 Å². The van der Waals surface area contributed by atoms with Crippen LogP contribution in [0.25, 0.3) is 0 Å². The zero-order chi connectivity index (χ0) is 9.14. The summed E-state index contributed by atoms with van der Waals surface area (Å²) in [6.45, 7) is 8.34. The third-order valence-corrected chi connectivity index (χ3v) is 3.46. The van der Waals surface area contributed by atoms with Gasteiger partial charge in [-0.05, 0) is 44.7 Å². The maximum Gasteiger partial charge on any atom is 0.00923 e. The van der Waals surface area contributed by atoms with E-state index in [1.54, 1.807) is 0 Å². The van der Waals surface area contributed by atoms with Crippen LogP contribution in [0.3, 0.4) is 0 Å². The van der Waals surface area contributed by atoms with Crippen LogP contribution in [0.2, 0.25) is 0 Å². The predicted molar refractivity (Wildman–Crippen MR) is 54.3 cm³/mol. The summed E-state index contributed by atoms with van der Waals surface area (Å²) in [5.41, 5.74) is 0. The van der Waals surface area contributed by atoms with Gasteiger partial charge >= 0.3 is 0 Å². The Morgan fingerprint density at radius 1 is 1.42 bits per heavy atom. The molecule has 1 aliphatic rings. The van der Waals surface area contributed by atoms with E-state index in [0.29, 0.717) is 0 Å². The summed E-state index contributed by atoms with van der Waals surface area (Å²) in [7, 11) is 2.27. The minimum Gasteiger partial charge on any atom is -0.303 e. The van der Waals surface area contributed by atoms with Gasteiger partial charge < -0.3 is 4.90 Å². The van der Waals surface area contributed by atoms with Crippen molar-refractivity contribution in [1.29, 1.82) is 0 Å². The molecule has 1 aliphatic heterocycles. The summed E-state index contributed by atoms with van der Waals surface area (Å²) < 4.78 is 0. The molecule has 1 rings (SSSR count). The van der Waals surface area contributed by atoms with Gasteiger partial charge in [0.2, 0.25) is 0 Å². The average molecular weight is 169 g/mol. The molecule has 0 saturated carbocycles. The summed E-state index contributed by atoms with van der Waals surface area (Å²) in [6.07, 6.45) is 4.15. The van der Waals surface area contributed by atoms with Crippen LogP contribution in [0, 0.1) is 11.8 Å². The molecule has 0 N–H and O–H groups in total. The normalized spacial score (nSPS) is 32.8. The molecule has 0 bridgehead atoms. The van der Waals surface area contributed by atoms with E-state index in [0.717, 1.165) is 17.9 Å². The molecule has 0 aromatic heterocycles. The summed E-state index contributed by atoms with van der Waals surface area (Å²) in [4.78, 5) is 2.53. The number of likely N-dealkylation sites (tertiary alicyclic amines) is 1. The molecule has 1 heteroatoms. The molecule has 1 saturated heterocycles. The van der Waals surface area contributed by atoms with E-state index in [9.17, 15) is 0 Å². The first kappa shape index (κ1) is 10.0. The van der Waals surface area contributed by atoms with E-state index < -0.39 is 0 Å². The van der Waals surface area contributed by atoms with Crippen LogP contribution in [-0.4, -0.2) is 24.5 Å². The topological polar surface area (TPSA) is 3.24 Å². The van der Waals surface area contributed by atoms with E-state index in [1.807, 2.05) is 0 Å². The van der Waals surface area contributed by atoms with Crippen LogP contribution in [0.4, 0.5) is 0 Å². The number of piperidine rings is 1. The van der Waals surface area contributed by atoms with Gasteiger partial charge in [-0.15, -0.1) is 0 Å². The summed E-state index contributed by atoms with van der Waals surface area (Å²) in [6, 6.07) is 0.853. The number of rotatable bonds is 2. The Morgan fingerprint density at radius 3 is 2.58 bits per heavy atom. The van der Waals surface area contributed by atoms with Gasteiger partial charge in [-0.3, -0.25) is 0 Å². The Hall–Kier alpha value is -0.0400. The highest BCUT2D eigenvalue weighted by Gasteiger charge is 2.26. The number of nitrogens with zero attached hydrogens (tertiary/aromatic N) is 1. The number of hydrogen-bond acceptors (Lipinski definition) is 1. The molecular formula is C11H23N. The van der Waals surface area contributed by atoms with E-state index in [1.165, 1.54) is 25.8 Å². The van der Waals surface area contributed by atoms with Crippen molar-refractivity contribution in [3.63, 3.8) is 0 Å². The van der Waals surface area contributed by atoms with Gasteiger partial charge in [0.05, 0.1) is 0 Å². The average Bonchev–Trinajstić information content (AvgIpc) is 2.05. The molecule has 0 radical (unpaired) electrons. The Bertz CT molecular complexity index is 131. The van der Waals surface area contributed by atoms with Crippen molar-refractivity contribution in [2.45, 2.75) is 46.1 Å². The maximum atomic E-state index is 2.53. The molecule has 72 valence electrons. The zero-order valence-electron chi connectivity index (χ0n) is 9.01. The molecule has 1 fully saturated rings. The summed E-state index contributed by atoms with van der Waals surface area (Å²) in [5, 5.41) is 0. The van der Waals surface area contributed by atoms with E-state index >= 15 is 0 Å². The van der Waals surface area contributed by atoms with Gasteiger partial charge in [0.25, 0.3) is 0 Å². The monoisotopic (exact) mass is 169 g/mol. The number of hydrogen-bond donors (Lipinski definition) is 0. The second kappa shape index (κ2) is 4.27. The second-order valence-corrected chi connectivity index (χ2v) is 4.57. The van der Waals surface area contributed by atoms with Gasteiger partial charge in [0.15, 0.2) is 0 Å². The lowest BCUT2D eigenvalue weighted by atomic mass is 9.82. The molecule has 12 heavy (non-hydrogen) atoms. The largest absolute Gasteiger partial charge is 0.303 e. The van der Waals surface area contributed by atoms with Crippen molar-refractivity contribution >= 4 is 0 Å². The maximum absolute atomic E-state index is 2.53. The van der Waals surface area contributed by atoms with Crippen LogP contribution in [0.1, 0.15) is 40.0 Å². The Morgan fingerprint density at radius 2 is 2.08 bits per heavy atom. The van der Waals surface area contributed by atoms with Gasteiger partial charge in [-0.2, -0.15) is 0 Å². The first-order chi connectivity index (χ1) is 5.65. The highest BCUT2D eigenvalue weighted by Crippen LogP contribution is 2.28. The van der Waals surface area contributed by atoms with Gasteiger partial charge in [0.1, 0.15) is 0 Å². The quantitative estimate of drug-likeness (QED) is 0.614. The van der Waals surface area contributed by atoms with Gasteiger partial charge in [-0.25, -0.2) is 0 Å². The molecule has 1 heterocycles. The molecule has 2 atom stereocenters. The Labute approximate surface area is 77.1 Å². The van der Waals surface area contributed by atoms with E-state index in [4.69, 9.17) is 0 Å². The van der Waals surface area contributed by atoms with Crippen LogP contribution < -0.4 is 0 Å². The van der Waals surface area contributed by atoms with Crippen molar-refractivity contribution in [3.8, 4) is 0 Å². The highest BCUT2D eigenvalue weighted by molar-refractivity contribution is 4.80. The van der Waals surface area contributed by atoms with E-state index in [-0.39, 0.29) is 0 Å². The second-order valence-electron chi connectivity index (χ2n) is 4.57. The fraction of sp³-hybridized carbons (Fsp3) is 1.00. The van der Waals surface area contributed by atoms with Crippen LogP contribution in [0.5, 0.6) is 0 Å². The molecule has 0 amide bonds. The molecule has 0 aromatic carbocycles. The van der Waals surface area contributed by atoms with Crippen molar-refractivity contribution in [2.24, 2.45) is 11.8 Å². The standard InChI is InChI=1S/C11H23N/c1-5-11-8-10(9(2)3)6-7-12(11)4/h9-11H,5-8H2,1-4H3/t10-,11-/m0/s1. The van der Waals surface area contributed by atoms with Gasteiger partial charge in [0, 0.05) is 6.04 Å². The zero-order valence-corrected chi connectivity index (χ0v) is 9.01. The van der Waals surface area contributed by atoms with Crippen molar-refractivity contribution < 1.29 is 0 Å². The minimum absolute atomic E-state index is 0.853. The lowest BCUT2D eigenvalue weighted by Gasteiger charge is -2.38. The fourth-order valence-electron chi connectivity index (χ4n) is 2.28. The lowest BCUT2D eigenvalue weighted by Crippen LogP contribution is -2.40. The van der Waals surface area contributed by atoms with Gasteiger partial charge in [-0.1, -0.05) is 20.8 Å². The molecule has 1 nitrogen and oxygen atoms in total. The minimum atomic E-state index is 0.853. The van der Waals surface area contributed by atoms with Crippen molar-refractivity contribution in [1.82, 2.24) is 4.90 Å². The predicted octanol–water partition coefficient (Wildman–Crippen LogP) is 2.76. The Balaban J connectivity index is 2.44.